The first kappa shape index (κ1) is 11.0. The summed E-state index contributed by atoms with van der Waals surface area (Å²) in [6.07, 6.45) is 12.5. The van der Waals surface area contributed by atoms with E-state index in [2.05, 4.69) is 18.7 Å². The molecule has 1 fully saturated rings. The van der Waals surface area contributed by atoms with E-state index >= 15 is 0 Å². The summed E-state index contributed by atoms with van der Waals surface area (Å²) in [5.41, 5.74) is 0. The second-order valence-corrected chi connectivity index (χ2v) is 4.13. The van der Waals surface area contributed by atoms with Crippen molar-refractivity contribution in [3.8, 4) is 0 Å². The van der Waals surface area contributed by atoms with Crippen molar-refractivity contribution in [2.24, 2.45) is 5.92 Å². The average Bonchev–Trinajstić information content (AvgIpc) is 2.08. The number of hydrogen-bond donors (Lipinski definition) is 1. The van der Waals surface area contributed by atoms with Gasteiger partial charge in [0.1, 0.15) is 0 Å². The summed E-state index contributed by atoms with van der Waals surface area (Å²) in [4.78, 5) is 0. The lowest BCUT2D eigenvalue weighted by Crippen LogP contribution is -2.18. The molecule has 1 heteroatoms. The van der Waals surface area contributed by atoms with Gasteiger partial charge in [0.25, 0.3) is 0 Å². The molecule has 1 unspecified atom stereocenters. The van der Waals surface area contributed by atoms with Crippen molar-refractivity contribution in [2.45, 2.75) is 51.9 Å². The highest BCUT2D eigenvalue weighted by atomic mass is 14.8. The van der Waals surface area contributed by atoms with Gasteiger partial charge in [0.15, 0.2) is 0 Å². The molecule has 1 nitrogen and oxygen atoms in total. The molecule has 0 heterocycles. The minimum atomic E-state index is 0.902. The Morgan fingerprint density at radius 3 is 2.92 bits per heavy atom. The molecule has 0 aromatic rings. The smallest absolute Gasteiger partial charge is 0.00463 e. The van der Waals surface area contributed by atoms with Crippen molar-refractivity contribution in [2.75, 3.05) is 13.1 Å². The second kappa shape index (κ2) is 7.37. The van der Waals surface area contributed by atoms with Crippen molar-refractivity contribution >= 4 is 0 Å². The molecular formula is C12H24N. The second-order valence-electron chi connectivity index (χ2n) is 4.13. The molecule has 0 aromatic carbocycles. The highest BCUT2D eigenvalue weighted by Gasteiger charge is 2.10. The Balaban J connectivity index is 2.06. The third-order valence-electron chi connectivity index (χ3n) is 2.97. The summed E-state index contributed by atoms with van der Waals surface area (Å²) in [5.74, 6) is 0.902. The Labute approximate surface area is 83.3 Å². The third-order valence-corrected chi connectivity index (χ3v) is 2.97. The number of nitrogens with one attached hydrogen (secondary N) is 1. The van der Waals surface area contributed by atoms with Crippen LogP contribution in [0.2, 0.25) is 0 Å². The molecule has 0 bridgehead atoms. The van der Waals surface area contributed by atoms with E-state index in [4.69, 9.17) is 0 Å². The van der Waals surface area contributed by atoms with E-state index in [0.29, 0.717) is 0 Å². The Hall–Kier alpha value is -0.0400. The lowest BCUT2D eigenvalue weighted by atomic mass is 9.89. The van der Waals surface area contributed by atoms with E-state index in [1.165, 1.54) is 51.5 Å². The molecule has 0 spiro atoms. The normalized spacial score (nSPS) is 21.0. The van der Waals surface area contributed by atoms with Gasteiger partial charge in [-0.2, -0.15) is 0 Å². The average molecular weight is 182 g/mol. The predicted octanol–water partition coefficient (Wildman–Crippen LogP) is 3.16. The molecule has 1 rings (SSSR count). The fraction of sp³-hybridized carbons (Fsp3) is 0.917. The molecular weight excluding hydrogens is 158 g/mol. The van der Waals surface area contributed by atoms with E-state index in [-0.39, 0.29) is 0 Å². The molecule has 0 aromatic heterocycles. The van der Waals surface area contributed by atoms with Crippen LogP contribution < -0.4 is 5.32 Å². The van der Waals surface area contributed by atoms with E-state index in [9.17, 15) is 0 Å². The summed E-state index contributed by atoms with van der Waals surface area (Å²) < 4.78 is 0. The predicted molar refractivity (Wildman–Crippen MR) is 58.7 cm³/mol. The lowest BCUT2D eigenvalue weighted by molar-refractivity contribution is 0.424. The fourth-order valence-corrected chi connectivity index (χ4v) is 2.10. The van der Waals surface area contributed by atoms with Gasteiger partial charge < -0.3 is 5.32 Å². The molecule has 0 aliphatic heterocycles. The quantitative estimate of drug-likeness (QED) is 0.659. The molecule has 77 valence electrons. The van der Waals surface area contributed by atoms with Crippen LogP contribution in [0, 0.1) is 12.3 Å². The molecule has 1 aliphatic carbocycles. The molecule has 1 saturated carbocycles. The minimum absolute atomic E-state index is 0.902. The zero-order valence-corrected chi connectivity index (χ0v) is 9.02. The van der Waals surface area contributed by atoms with Gasteiger partial charge in [-0.15, -0.1) is 0 Å². The van der Waals surface area contributed by atoms with Crippen LogP contribution in [0.15, 0.2) is 0 Å². The Bertz CT molecular complexity index is 104. The third kappa shape index (κ3) is 5.30. The summed E-state index contributed by atoms with van der Waals surface area (Å²) in [5, 5.41) is 3.41. The van der Waals surface area contributed by atoms with Gasteiger partial charge in [0, 0.05) is 0 Å². The van der Waals surface area contributed by atoms with Gasteiger partial charge in [-0.1, -0.05) is 39.0 Å². The van der Waals surface area contributed by atoms with Gasteiger partial charge in [0.05, 0.1) is 0 Å². The fourth-order valence-electron chi connectivity index (χ4n) is 2.10. The van der Waals surface area contributed by atoms with Crippen LogP contribution >= 0.6 is 0 Å². The maximum atomic E-state index is 3.41. The van der Waals surface area contributed by atoms with Gasteiger partial charge in [0.2, 0.25) is 0 Å². The highest BCUT2D eigenvalue weighted by Crippen LogP contribution is 2.23. The summed E-state index contributed by atoms with van der Waals surface area (Å²) >= 11 is 0. The summed E-state index contributed by atoms with van der Waals surface area (Å²) in [6.45, 7) is 4.51. The zero-order valence-electron chi connectivity index (χ0n) is 9.02. The molecule has 1 aliphatic rings. The van der Waals surface area contributed by atoms with Crippen LogP contribution in [0.4, 0.5) is 0 Å². The topological polar surface area (TPSA) is 12.0 Å². The molecule has 1 radical (unpaired) electrons. The van der Waals surface area contributed by atoms with E-state index in [1.807, 2.05) is 0 Å². The van der Waals surface area contributed by atoms with Gasteiger partial charge in [-0.3, -0.25) is 0 Å². The maximum absolute atomic E-state index is 3.41. The lowest BCUT2D eigenvalue weighted by Gasteiger charge is -2.19. The summed E-state index contributed by atoms with van der Waals surface area (Å²) in [6, 6.07) is 0. The first-order valence-electron chi connectivity index (χ1n) is 5.97. The monoisotopic (exact) mass is 182 g/mol. The van der Waals surface area contributed by atoms with Gasteiger partial charge >= 0.3 is 0 Å². The standard InChI is InChI=1S/C12H24N/c1-2-13-11-10-12-8-6-4-3-5-7-9-12/h8,12-13H,2-7,9-11H2,1H3. The van der Waals surface area contributed by atoms with Crippen LogP contribution in [0.1, 0.15) is 51.9 Å². The van der Waals surface area contributed by atoms with Crippen LogP contribution in [0.3, 0.4) is 0 Å². The maximum Gasteiger partial charge on any atom is -0.00463 e. The Kier molecular flexibility index (Phi) is 6.26. The summed E-state index contributed by atoms with van der Waals surface area (Å²) in [7, 11) is 0. The Morgan fingerprint density at radius 1 is 1.23 bits per heavy atom. The minimum Gasteiger partial charge on any atom is -0.317 e. The number of rotatable bonds is 4. The number of hydrogen-bond acceptors (Lipinski definition) is 1. The zero-order chi connectivity index (χ0) is 9.36. The van der Waals surface area contributed by atoms with Gasteiger partial charge in [-0.05, 0) is 38.3 Å². The van der Waals surface area contributed by atoms with Crippen LogP contribution in [-0.2, 0) is 0 Å². The van der Waals surface area contributed by atoms with Crippen molar-refractivity contribution in [1.82, 2.24) is 5.32 Å². The Morgan fingerprint density at radius 2 is 2.08 bits per heavy atom. The van der Waals surface area contributed by atoms with Crippen LogP contribution in [-0.4, -0.2) is 13.1 Å². The van der Waals surface area contributed by atoms with Crippen molar-refractivity contribution in [1.29, 1.82) is 0 Å². The molecule has 1 N–H and O–H groups in total. The van der Waals surface area contributed by atoms with Gasteiger partial charge in [-0.25, -0.2) is 0 Å². The van der Waals surface area contributed by atoms with Crippen molar-refractivity contribution in [3.05, 3.63) is 6.42 Å². The first-order chi connectivity index (χ1) is 6.43. The molecule has 0 saturated heterocycles. The first-order valence-corrected chi connectivity index (χ1v) is 5.97. The largest absolute Gasteiger partial charge is 0.317 e. The van der Waals surface area contributed by atoms with Crippen molar-refractivity contribution < 1.29 is 0 Å². The van der Waals surface area contributed by atoms with E-state index < -0.39 is 0 Å². The molecule has 1 atom stereocenters. The van der Waals surface area contributed by atoms with E-state index in [0.717, 1.165) is 12.5 Å². The molecule has 0 amide bonds. The van der Waals surface area contributed by atoms with Crippen molar-refractivity contribution in [3.63, 3.8) is 0 Å². The highest BCUT2D eigenvalue weighted by molar-refractivity contribution is 4.78. The van der Waals surface area contributed by atoms with Crippen LogP contribution in [0.25, 0.3) is 0 Å². The van der Waals surface area contributed by atoms with E-state index in [1.54, 1.807) is 0 Å². The SMILES string of the molecule is CCNCCC1[CH]CCCCCC1. The molecule has 13 heavy (non-hydrogen) atoms. The van der Waals surface area contributed by atoms with Crippen LogP contribution in [0.5, 0.6) is 0 Å².